The van der Waals surface area contributed by atoms with E-state index in [-0.39, 0.29) is 12.0 Å². The van der Waals surface area contributed by atoms with Gasteiger partial charge in [-0.1, -0.05) is 30.4 Å². The molecule has 31 heavy (non-hydrogen) atoms. The van der Waals surface area contributed by atoms with Crippen molar-refractivity contribution in [2.45, 2.75) is 43.6 Å². The van der Waals surface area contributed by atoms with Gasteiger partial charge >= 0.3 is 0 Å². The van der Waals surface area contributed by atoms with Crippen LogP contribution in [0.4, 0.5) is 5.13 Å². The second-order valence-electron chi connectivity index (χ2n) is 7.53. The molecule has 2 aromatic carbocycles. The van der Waals surface area contributed by atoms with Crippen LogP contribution >= 0.6 is 23.1 Å². The zero-order chi connectivity index (χ0) is 21.6. The highest BCUT2D eigenvalue weighted by Gasteiger charge is 2.26. The number of anilines is 1. The lowest BCUT2D eigenvalue weighted by Gasteiger charge is -2.23. The summed E-state index contributed by atoms with van der Waals surface area (Å²) in [6.07, 6.45) is 3.53. The fraction of sp³-hybridized carbons (Fsp3) is 0.417. The van der Waals surface area contributed by atoms with Gasteiger partial charge in [-0.15, -0.1) is 11.8 Å². The number of aryl methyl sites for hydroxylation is 1. The Hall–Kier alpha value is -2.09. The Kier molecular flexibility index (Phi) is 7.48. The number of thioether (sulfide) groups is 1. The van der Waals surface area contributed by atoms with Gasteiger partial charge in [0.05, 0.1) is 30.0 Å². The Balaban J connectivity index is 1.48. The minimum Gasteiger partial charge on any atom is -0.497 e. The highest BCUT2D eigenvalue weighted by Crippen LogP contribution is 2.32. The van der Waals surface area contributed by atoms with Crippen molar-refractivity contribution in [3.05, 3.63) is 48.0 Å². The van der Waals surface area contributed by atoms with Crippen molar-refractivity contribution < 1.29 is 14.3 Å². The van der Waals surface area contributed by atoms with Gasteiger partial charge in [0.1, 0.15) is 5.75 Å². The average Bonchev–Trinajstić information content (AvgIpc) is 3.47. The van der Waals surface area contributed by atoms with Gasteiger partial charge in [0.15, 0.2) is 5.13 Å². The zero-order valence-electron chi connectivity index (χ0n) is 18.0. The molecule has 0 N–H and O–H groups in total. The molecule has 0 aliphatic carbocycles. The lowest BCUT2D eigenvalue weighted by molar-refractivity contribution is -0.118. The molecule has 0 bridgehead atoms. The number of ether oxygens (including phenoxy) is 2. The molecule has 1 aliphatic heterocycles. The number of amides is 1. The summed E-state index contributed by atoms with van der Waals surface area (Å²) in [4.78, 5) is 21.1. The number of para-hydroxylation sites is 1. The standard InChI is InChI=1S/C24H28N2O3S2/c1-3-17-6-4-8-21-23(17)25-24(31-21)26(16-19-7-5-14-29-19)22(27)13-15-30-20-11-9-18(28-2)10-12-20/h4,6,8-12,19H,3,5,7,13-16H2,1-2H3. The summed E-state index contributed by atoms with van der Waals surface area (Å²) < 4.78 is 12.2. The number of nitrogens with zero attached hydrogens (tertiary/aromatic N) is 2. The number of hydrogen-bond donors (Lipinski definition) is 0. The average molecular weight is 457 g/mol. The number of benzene rings is 2. The van der Waals surface area contributed by atoms with E-state index in [0.29, 0.717) is 13.0 Å². The molecule has 7 heteroatoms. The van der Waals surface area contributed by atoms with Gasteiger partial charge in [-0.3, -0.25) is 9.69 Å². The molecule has 3 aromatic rings. The second kappa shape index (κ2) is 10.5. The molecule has 164 valence electrons. The molecule has 1 amide bonds. The van der Waals surface area contributed by atoms with Gasteiger partial charge < -0.3 is 9.47 Å². The van der Waals surface area contributed by atoms with Crippen molar-refractivity contribution >= 4 is 44.4 Å². The van der Waals surface area contributed by atoms with Crippen molar-refractivity contribution in [1.82, 2.24) is 4.98 Å². The molecule has 5 nitrogen and oxygen atoms in total. The van der Waals surface area contributed by atoms with Crippen LogP contribution in [-0.2, 0) is 16.0 Å². The van der Waals surface area contributed by atoms with Crippen LogP contribution in [0.25, 0.3) is 10.2 Å². The van der Waals surface area contributed by atoms with Crippen molar-refractivity contribution in [3.8, 4) is 5.75 Å². The summed E-state index contributed by atoms with van der Waals surface area (Å²) >= 11 is 3.28. The van der Waals surface area contributed by atoms with E-state index in [2.05, 4.69) is 25.1 Å². The molecule has 4 rings (SSSR count). The molecule has 1 aliphatic rings. The maximum absolute atomic E-state index is 13.3. The van der Waals surface area contributed by atoms with E-state index in [4.69, 9.17) is 14.5 Å². The maximum atomic E-state index is 13.3. The van der Waals surface area contributed by atoms with Crippen molar-refractivity contribution in [3.63, 3.8) is 0 Å². The molecule has 0 radical (unpaired) electrons. The lowest BCUT2D eigenvalue weighted by Crippen LogP contribution is -2.37. The number of aromatic nitrogens is 1. The first kappa shape index (κ1) is 22.1. The summed E-state index contributed by atoms with van der Waals surface area (Å²) in [5.74, 6) is 1.66. The predicted octanol–water partition coefficient (Wildman–Crippen LogP) is 5.56. The van der Waals surface area contributed by atoms with Crippen LogP contribution in [0.3, 0.4) is 0 Å². The van der Waals surface area contributed by atoms with Crippen LogP contribution in [-0.4, -0.2) is 43.0 Å². The normalized spacial score (nSPS) is 16.0. The Morgan fingerprint density at radius 2 is 2.13 bits per heavy atom. The van der Waals surface area contributed by atoms with E-state index in [1.54, 1.807) is 30.2 Å². The quantitative estimate of drug-likeness (QED) is 0.395. The highest BCUT2D eigenvalue weighted by molar-refractivity contribution is 7.99. The summed E-state index contributed by atoms with van der Waals surface area (Å²) in [6, 6.07) is 14.2. The first-order chi connectivity index (χ1) is 15.2. The topological polar surface area (TPSA) is 51.7 Å². The number of hydrogen-bond acceptors (Lipinski definition) is 6. The first-order valence-electron chi connectivity index (χ1n) is 10.7. The molecule has 1 atom stereocenters. The molecule has 1 saturated heterocycles. The number of carbonyl (C=O) groups excluding carboxylic acids is 1. The van der Waals surface area contributed by atoms with Crippen LogP contribution in [0.15, 0.2) is 47.4 Å². The van der Waals surface area contributed by atoms with E-state index in [1.807, 2.05) is 29.2 Å². The van der Waals surface area contributed by atoms with Crippen molar-refractivity contribution in [2.75, 3.05) is 30.9 Å². The SMILES string of the molecule is CCc1cccc2sc(N(CC3CCCO3)C(=O)CCSc3ccc(OC)cc3)nc12. The molecule has 0 saturated carbocycles. The summed E-state index contributed by atoms with van der Waals surface area (Å²) in [5.41, 5.74) is 2.24. The van der Waals surface area contributed by atoms with Gasteiger partial charge in [-0.2, -0.15) is 0 Å². The Labute approximate surface area is 191 Å². The minimum atomic E-state index is 0.0934. The van der Waals surface area contributed by atoms with Crippen LogP contribution < -0.4 is 9.64 Å². The molecule has 2 heterocycles. The minimum absolute atomic E-state index is 0.0934. The number of methoxy groups -OCH3 is 1. The Morgan fingerprint density at radius 1 is 1.29 bits per heavy atom. The largest absolute Gasteiger partial charge is 0.497 e. The van der Waals surface area contributed by atoms with Gasteiger partial charge in [0.25, 0.3) is 0 Å². The van der Waals surface area contributed by atoms with Gasteiger partial charge in [-0.05, 0) is 55.2 Å². The van der Waals surface area contributed by atoms with E-state index in [1.165, 1.54) is 5.56 Å². The van der Waals surface area contributed by atoms with Crippen LogP contribution in [0.5, 0.6) is 5.75 Å². The lowest BCUT2D eigenvalue weighted by atomic mass is 10.1. The molecular weight excluding hydrogens is 428 g/mol. The monoisotopic (exact) mass is 456 g/mol. The van der Waals surface area contributed by atoms with E-state index in [0.717, 1.165) is 57.6 Å². The third-order valence-electron chi connectivity index (χ3n) is 5.46. The number of carbonyl (C=O) groups is 1. The Bertz CT molecular complexity index is 1010. The van der Waals surface area contributed by atoms with Crippen LogP contribution in [0.1, 0.15) is 31.7 Å². The molecular formula is C24H28N2O3S2. The summed E-state index contributed by atoms with van der Waals surface area (Å²) in [6.45, 7) is 3.49. The molecule has 1 unspecified atom stereocenters. The number of rotatable bonds is 9. The number of fused-ring (bicyclic) bond motifs is 1. The van der Waals surface area contributed by atoms with E-state index in [9.17, 15) is 4.79 Å². The highest BCUT2D eigenvalue weighted by atomic mass is 32.2. The molecule has 1 aromatic heterocycles. The van der Waals surface area contributed by atoms with E-state index < -0.39 is 0 Å². The third kappa shape index (κ3) is 5.40. The van der Waals surface area contributed by atoms with E-state index >= 15 is 0 Å². The summed E-state index contributed by atoms with van der Waals surface area (Å²) in [7, 11) is 1.66. The van der Waals surface area contributed by atoms with Gasteiger partial charge in [0.2, 0.25) is 5.91 Å². The smallest absolute Gasteiger partial charge is 0.229 e. The van der Waals surface area contributed by atoms with Crippen LogP contribution in [0.2, 0.25) is 0 Å². The van der Waals surface area contributed by atoms with Gasteiger partial charge in [0, 0.05) is 23.7 Å². The fourth-order valence-electron chi connectivity index (χ4n) is 3.74. The first-order valence-corrected chi connectivity index (χ1v) is 12.6. The van der Waals surface area contributed by atoms with Crippen LogP contribution in [0, 0.1) is 0 Å². The summed E-state index contributed by atoms with van der Waals surface area (Å²) in [5, 5.41) is 0.783. The maximum Gasteiger partial charge on any atom is 0.229 e. The van der Waals surface area contributed by atoms with Crippen molar-refractivity contribution in [1.29, 1.82) is 0 Å². The second-order valence-corrected chi connectivity index (χ2v) is 9.70. The van der Waals surface area contributed by atoms with Crippen molar-refractivity contribution in [2.24, 2.45) is 0 Å². The third-order valence-corrected chi connectivity index (χ3v) is 7.52. The molecule has 0 spiro atoms. The Morgan fingerprint density at radius 3 is 2.84 bits per heavy atom. The number of thiazole rings is 1. The predicted molar refractivity (Wildman–Crippen MR) is 129 cm³/mol. The van der Waals surface area contributed by atoms with Gasteiger partial charge in [-0.25, -0.2) is 4.98 Å². The zero-order valence-corrected chi connectivity index (χ0v) is 19.6. The fourth-order valence-corrected chi connectivity index (χ4v) is 5.62. The molecule has 1 fully saturated rings.